The summed E-state index contributed by atoms with van der Waals surface area (Å²) < 4.78 is 6.19. The number of halogens is 2. The Morgan fingerprint density at radius 3 is 2.70 bits per heavy atom. The number of carbonyl (C=O) groups excluding carboxylic acids is 1. The SMILES string of the molecule is CCN1C(=O)/C(=C\c2cc([N+](=O)[O-])ccc2N2CCOCC2)SC1=Nc1ccc(Br)c(Cl)c1. The third-order valence-corrected chi connectivity index (χ3v) is 7.43. The second-order valence-corrected chi connectivity index (χ2v) is 9.52. The molecule has 2 heterocycles. The second kappa shape index (κ2) is 10.3. The molecule has 1 amide bonds. The molecule has 2 saturated heterocycles. The number of rotatable bonds is 5. The Labute approximate surface area is 208 Å². The van der Waals surface area contributed by atoms with E-state index >= 15 is 0 Å². The van der Waals surface area contributed by atoms with Gasteiger partial charge in [0.1, 0.15) is 0 Å². The quantitative estimate of drug-likeness (QED) is 0.278. The van der Waals surface area contributed by atoms with Crippen LogP contribution in [0, 0.1) is 10.1 Å². The molecule has 0 aliphatic carbocycles. The van der Waals surface area contributed by atoms with Crippen molar-refractivity contribution in [3.8, 4) is 0 Å². The molecule has 2 aromatic carbocycles. The highest BCUT2D eigenvalue weighted by Crippen LogP contribution is 2.37. The van der Waals surface area contributed by atoms with E-state index in [0.29, 0.717) is 59.2 Å². The van der Waals surface area contributed by atoms with Crippen LogP contribution in [0.3, 0.4) is 0 Å². The van der Waals surface area contributed by atoms with Crippen LogP contribution >= 0.6 is 39.3 Å². The highest BCUT2D eigenvalue weighted by Gasteiger charge is 2.33. The number of non-ortho nitro benzene ring substituents is 1. The molecule has 33 heavy (non-hydrogen) atoms. The topological polar surface area (TPSA) is 88.3 Å². The number of ether oxygens (including phenoxy) is 1. The molecule has 2 aliphatic rings. The predicted molar refractivity (Wildman–Crippen MR) is 135 cm³/mol. The largest absolute Gasteiger partial charge is 0.378 e. The third-order valence-electron chi connectivity index (χ3n) is 5.19. The highest BCUT2D eigenvalue weighted by atomic mass is 79.9. The normalized spacial score (nSPS) is 19.1. The number of hydrogen-bond donors (Lipinski definition) is 0. The molecule has 2 fully saturated rings. The van der Waals surface area contributed by atoms with E-state index in [1.807, 2.05) is 6.92 Å². The Hall–Kier alpha value is -2.40. The molecule has 0 saturated carbocycles. The Kier molecular flexibility index (Phi) is 7.38. The van der Waals surface area contributed by atoms with Gasteiger partial charge in [-0.3, -0.25) is 19.8 Å². The molecule has 8 nitrogen and oxygen atoms in total. The second-order valence-electron chi connectivity index (χ2n) is 7.25. The summed E-state index contributed by atoms with van der Waals surface area (Å²) in [6, 6.07) is 10.0. The van der Waals surface area contributed by atoms with Crippen LogP contribution in [-0.4, -0.2) is 53.7 Å². The first-order valence-corrected chi connectivity index (χ1v) is 12.2. The lowest BCUT2D eigenvalue weighted by atomic mass is 10.1. The summed E-state index contributed by atoms with van der Waals surface area (Å²) in [5.74, 6) is -0.191. The molecule has 0 aromatic heterocycles. The number of carbonyl (C=O) groups is 1. The summed E-state index contributed by atoms with van der Waals surface area (Å²) in [6.45, 7) is 4.82. The lowest BCUT2D eigenvalue weighted by molar-refractivity contribution is -0.384. The van der Waals surface area contributed by atoms with Crippen LogP contribution in [0.5, 0.6) is 0 Å². The Morgan fingerprint density at radius 2 is 2.03 bits per heavy atom. The number of nitrogens with zero attached hydrogens (tertiary/aromatic N) is 4. The monoisotopic (exact) mass is 550 g/mol. The van der Waals surface area contributed by atoms with Crippen LogP contribution in [-0.2, 0) is 9.53 Å². The third kappa shape index (κ3) is 5.24. The summed E-state index contributed by atoms with van der Waals surface area (Å²) in [4.78, 5) is 32.8. The molecule has 11 heteroatoms. The van der Waals surface area contributed by atoms with Crippen molar-refractivity contribution < 1.29 is 14.5 Å². The lowest BCUT2D eigenvalue weighted by Gasteiger charge is -2.30. The van der Waals surface area contributed by atoms with Gasteiger partial charge in [0.05, 0.1) is 33.8 Å². The van der Waals surface area contributed by atoms with Gasteiger partial charge >= 0.3 is 0 Å². The summed E-state index contributed by atoms with van der Waals surface area (Å²) in [7, 11) is 0. The zero-order valence-corrected chi connectivity index (χ0v) is 20.8. The van der Waals surface area contributed by atoms with Gasteiger partial charge in [-0.2, -0.15) is 0 Å². The molecule has 0 atom stereocenters. The maximum atomic E-state index is 13.1. The zero-order chi connectivity index (χ0) is 23.5. The molecular weight excluding hydrogens is 532 g/mol. The van der Waals surface area contributed by atoms with Gasteiger partial charge in [-0.1, -0.05) is 11.6 Å². The number of amides is 1. The van der Waals surface area contributed by atoms with Crippen LogP contribution in [0.25, 0.3) is 6.08 Å². The number of anilines is 1. The van der Waals surface area contributed by atoms with Gasteiger partial charge in [0.2, 0.25) is 0 Å². The summed E-state index contributed by atoms with van der Waals surface area (Å²) >= 11 is 10.8. The minimum atomic E-state index is -0.433. The van der Waals surface area contributed by atoms with E-state index in [1.54, 1.807) is 35.2 Å². The van der Waals surface area contributed by atoms with Crippen molar-refractivity contribution in [2.45, 2.75) is 6.92 Å². The minimum absolute atomic E-state index is 0.0277. The molecule has 0 radical (unpaired) electrons. The van der Waals surface area contributed by atoms with Crippen LogP contribution in [0.4, 0.5) is 17.1 Å². The maximum Gasteiger partial charge on any atom is 0.270 e. The van der Waals surface area contributed by atoms with Gasteiger partial charge in [-0.25, -0.2) is 4.99 Å². The number of nitro groups is 1. The number of morpholine rings is 1. The van der Waals surface area contributed by atoms with Crippen molar-refractivity contribution in [1.29, 1.82) is 0 Å². The molecule has 0 unspecified atom stereocenters. The Balaban J connectivity index is 1.72. The fourth-order valence-corrected chi connectivity index (χ4v) is 5.01. The van der Waals surface area contributed by atoms with Crippen molar-refractivity contribution in [2.75, 3.05) is 37.7 Å². The summed E-state index contributed by atoms with van der Waals surface area (Å²) in [5, 5.41) is 12.4. The first kappa shape index (κ1) is 23.7. The van der Waals surface area contributed by atoms with E-state index in [1.165, 1.54) is 23.9 Å². The van der Waals surface area contributed by atoms with E-state index < -0.39 is 4.92 Å². The molecule has 172 valence electrons. The van der Waals surface area contributed by atoms with E-state index in [0.717, 1.165) is 10.2 Å². The van der Waals surface area contributed by atoms with Crippen LogP contribution in [0.15, 0.2) is 50.8 Å². The molecule has 0 spiro atoms. The van der Waals surface area contributed by atoms with Crippen molar-refractivity contribution >= 4 is 73.5 Å². The molecule has 0 N–H and O–H groups in total. The lowest BCUT2D eigenvalue weighted by Crippen LogP contribution is -2.36. The number of hydrogen-bond acceptors (Lipinski definition) is 7. The number of benzene rings is 2. The molecule has 2 aliphatic heterocycles. The van der Waals surface area contributed by atoms with Gasteiger partial charge in [-0.15, -0.1) is 0 Å². The van der Waals surface area contributed by atoms with Crippen molar-refractivity contribution in [1.82, 2.24) is 4.90 Å². The smallest absolute Gasteiger partial charge is 0.270 e. The fourth-order valence-electron chi connectivity index (χ4n) is 3.54. The summed E-state index contributed by atoms with van der Waals surface area (Å²) in [5.41, 5.74) is 2.05. The van der Waals surface area contributed by atoms with Crippen LogP contribution < -0.4 is 4.90 Å². The average molecular weight is 552 g/mol. The first-order valence-electron chi connectivity index (χ1n) is 10.2. The first-order chi connectivity index (χ1) is 15.9. The molecule has 2 aromatic rings. The maximum absolute atomic E-state index is 13.1. The standard InChI is InChI=1S/C22H20BrClN4O4S/c1-2-27-21(29)20(33-22(27)25-15-3-5-17(23)18(24)13-15)12-14-11-16(28(30)31)4-6-19(14)26-7-9-32-10-8-26/h3-6,11-13H,2,7-10H2,1H3/b20-12+,25-22?. The van der Waals surface area contributed by atoms with Gasteiger partial charge in [0.25, 0.3) is 11.6 Å². The van der Waals surface area contributed by atoms with Gasteiger partial charge in [0.15, 0.2) is 5.17 Å². The number of nitro benzene ring substituents is 1. The van der Waals surface area contributed by atoms with Crippen molar-refractivity contribution in [3.63, 3.8) is 0 Å². The number of thioether (sulfide) groups is 1. The zero-order valence-electron chi connectivity index (χ0n) is 17.7. The van der Waals surface area contributed by atoms with E-state index in [-0.39, 0.29) is 11.6 Å². The van der Waals surface area contributed by atoms with Crippen LogP contribution in [0.2, 0.25) is 5.02 Å². The number of aliphatic imine (C=N–C) groups is 1. The molecular formula is C22H20BrClN4O4S. The van der Waals surface area contributed by atoms with E-state index in [4.69, 9.17) is 16.3 Å². The van der Waals surface area contributed by atoms with Crippen molar-refractivity contribution in [2.24, 2.45) is 4.99 Å². The van der Waals surface area contributed by atoms with E-state index in [9.17, 15) is 14.9 Å². The van der Waals surface area contributed by atoms with E-state index in [2.05, 4.69) is 25.8 Å². The van der Waals surface area contributed by atoms with Crippen LogP contribution in [0.1, 0.15) is 12.5 Å². The van der Waals surface area contributed by atoms with Gasteiger partial charge < -0.3 is 9.64 Å². The Bertz CT molecular complexity index is 1170. The molecule has 0 bridgehead atoms. The molecule has 4 rings (SSSR count). The summed E-state index contributed by atoms with van der Waals surface area (Å²) in [6.07, 6.45) is 1.71. The fraction of sp³-hybridized carbons (Fsp3) is 0.273. The Morgan fingerprint density at radius 1 is 1.27 bits per heavy atom. The number of amidine groups is 1. The number of likely N-dealkylation sites (N-methyl/N-ethyl adjacent to an activating group) is 1. The average Bonchev–Trinajstić information content (AvgIpc) is 3.10. The minimum Gasteiger partial charge on any atom is -0.378 e. The predicted octanol–water partition coefficient (Wildman–Crippen LogP) is 5.47. The highest BCUT2D eigenvalue weighted by molar-refractivity contribution is 9.10. The van der Waals surface area contributed by atoms with Gasteiger partial charge in [-0.05, 0) is 65.0 Å². The van der Waals surface area contributed by atoms with Gasteiger partial charge in [0, 0.05) is 47.5 Å². The van der Waals surface area contributed by atoms with Crippen molar-refractivity contribution in [3.05, 3.63) is 66.5 Å².